The predicted octanol–water partition coefficient (Wildman–Crippen LogP) is 2.10. The van der Waals surface area contributed by atoms with Gasteiger partial charge in [0, 0.05) is 46.9 Å². The van der Waals surface area contributed by atoms with Gasteiger partial charge in [-0.3, -0.25) is 19.2 Å². The SMILES string of the molecule is CCC1OC(OCCCCCC(=O)NCCCNC(=O)OC(C)(C)C)C(NC(C)=O)C(OC(C)=O)C1OC(C)=O. The van der Waals surface area contributed by atoms with Gasteiger partial charge in [-0.15, -0.1) is 0 Å². The van der Waals surface area contributed by atoms with Crippen LogP contribution < -0.4 is 16.0 Å². The summed E-state index contributed by atoms with van der Waals surface area (Å²) in [5, 5.41) is 8.17. The molecule has 3 N–H and O–H groups in total. The second kappa shape index (κ2) is 17.7. The van der Waals surface area contributed by atoms with Gasteiger partial charge in [0.2, 0.25) is 11.8 Å². The van der Waals surface area contributed by atoms with Crippen LogP contribution in [0.1, 0.15) is 87.0 Å². The summed E-state index contributed by atoms with van der Waals surface area (Å²) in [6.07, 6.45) is -0.539. The summed E-state index contributed by atoms with van der Waals surface area (Å²) in [7, 11) is 0. The minimum atomic E-state index is -0.989. The first-order valence-electron chi connectivity index (χ1n) is 13.9. The van der Waals surface area contributed by atoms with E-state index in [1.165, 1.54) is 20.8 Å². The maximum absolute atomic E-state index is 12.1. The van der Waals surface area contributed by atoms with Crippen molar-refractivity contribution in [3.63, 3.8) is 0 Å². The number of carbonyl (C=O) groups is 5. The van der Waals surface area contributed by atoms with Gasteiger partial charge in [-0.2, -0.15) is 0 Å². The Morgan fingerprint density at radius 2 is 1.45 bits per heavy atom. The maximum atomic E-state index is 12.1. The molecule has 0 aromatic heterocycles. The Kier molecular flexibility index (Phi) is 15.5. The number of hydrogen-bond donors (Lipinski definition) is 3. The molecule has 0 saturated carbocycles. The summed E-state index contributed by atoms with van der Waals surface area (Å²) in [6.45, 7) is 12.1. The Labute approximate surface area is 236 Å². The van der Waals surface area contributed by atoms with Crippen molar-refractivity contribution in [3.05, 3.63) is 0 Å². The van der Waals surface area contributed by atoms with Crippen LogP contribution in [0.5, 0.6) is 0 Å². The van der Waals surface area contributed by atoms with Crippen LogP contribution in [0.3, 0.4) is 0 Å². The first-order valence-corrected chi connectivity index (χ1v) is 13.9. The van der Waals surface area contributed by atoms with Crippen molar-refractivity contribution >= 4 is 29.8 Å². The van der Waals surface area contributed by atoms with Gasteiger partial charge < -0.3 is 39.6 Å². The number of ether oxygens (including phenoxy) is 5. The van der Waals surface area contributed by atoms with Crippen LogP contribution in [0.4, 0.5) is 4.79 Å². The summed E-state index contributed by atoms with van der Waals surface area (Å²) < 4.78 is 28.0. The van der Waals surface area contributed by atoms with E-state index in [2.05, 4.69) is 16.0 Å². The number of amides is 3. The molecule has 0 radical (unpaired) electrons. The van der Waals surface area contributed by atoms with Crippen molar-refractivity contribution in [3.8, 4) is 0 Å². The fourth-order valence-electron chi connectivity index (χ4n) is 4.10. The molecule has 1 heterocycles. The highest BCUT2D eigenvalue weighted by molar-refractivity contribution is 5.75. The number of carbonyl (C=O) groups excluding carboxylic acids is 5. The Hall–Kier alpha value is -2.93. The third kappa shape index (κ3) is 14.5. The first kappa shape index (κ1) is 35.1. The second-order valence-electron chi connectivity index (χ2n) is 10.6. The van der Waals surface area contributed by atoms with Gasteiger partial charge in [-0.25, -0.2) is 4.79 Å². The summed E-state index contributed by atoms with van der Waals surface area (Å²) in [5.74, 6) is -1.62. The van der Waals surface area contributed by atoms with E-state index in [0.717, 1.165) is 0 Å². The zero-order valence-corrected chi connectivity index (χ0v) is 24.8. The quantitative estimate of drug-likeness (QED) is 0.150. The smallest absolute Gasteiger partial charge is 0.407 e. The standard InChI is InChI=1S/C27H47N3O10/c1-8-20-23(37-18(3)32)24(38-19(4)33)22(30-17(2)31)25(39-20)36-16-11-9-10-13-21(34)28-14-12-15-29-26(35)40-27(5,6)7/h20,22-25H,8-16H2,1-7H3,(H,28,34)(H,29,35)(H,30,31). The molecule has 0 bridgehead atoms. The Morgan fingerprint density at radius 1 is 0.825 bits per heavy atom. The fourth-order valence-corrected chi connectivity index (χ4v) is 4.10. The summed E-state index contributed by atoms with van der Waals surface area (Å²) in [6, 6.07) is -0.885. The lowest BCUT2D eigenvalue weighted by Crippen LogP contribution is -2.65. The minimum Gasteiger partial charge on any atom is -0.456 e. The third-order valence-electron chi connectivity index (χ3n) is 5.70. The molecule has 0 aromatic rings. The van der Waals surface area contributed by atoms with E-state index in [9.17, 15) is 24.0 Å². The summed E-state index contributed by atoms with van der Waals surface area (Å²) >= 11 is 0. The number of hydrogen-bond acceptors (Lipinski definition) is 10. The van der Waals surface area contributed by atoms with E-state index in [1.807, 2.05) is 6.92 Å². The molecule has 13 nitrogen and oxygen atoms in total. The molecule has 1 aliphatic rings. The average molecular weight is 574 g/mol. The van der Waals surface area contributed by atoms with Gasteiger partial charge >= 0.3 is 18.0 Å². The van der Waals surface area contributed by atoms with Gasteiger partial charge in [0.1, 0.15) is 17.7 Å². The van der Waals surface area contributed by atoms with Crippen molar-refractivity contribution in [1.82, 2.24) is 16.0 Å². The molecule has 230 valence electrons. The Bertz CT molecular complexity index is 845. The van der Waals surface area contributed by atoms with Crippen molar-refractivity contribution in [2.24, 2.45) is 0 Å². The molecule has 0 aromatic carbocycles. The number of rotatable bonds is 15. The summed E-state index contributed by atoms with van der Waals surface area (Å²) in [4.78, 5) is 59.1. The van der Waals surface area contributed by atoms with Gasteiger partial charge in [-0.05, 0) is 46.5 Å². The maximum Gasteiger partial charge on any atom is 0.407 e. The molecule has 1 rings (SSSR count). The molecule has 0 aliphatic carbocycles. The van der Waals surface area contributed by atoms with Gasteiger partial charge in [0.15, 0.2) is 18.5 Å². The number of unbranched alkanes of at least 4 members (excludes halogenated alkanes) is 2. The monoisotopic (exact) mass is 573 g/mol. The van der Waals surface area contributed by atoms with Crippen LogP contribution in [0, 0.1) is 0 Å². The van der Waals surface area contributed by atoms with Crippen molar-refractivity contribution in [1.29, 1.82) is 0 Å². The molecule has 0 spiro atoms. The molecule has 3 amide bonds. The Morgan fingerprint density at radius 3 is 2.02 bits per heavy atom. The van der Waals surface area contributed by atoms with Crippen LogP contribution in [-0.2, 0) is 42.9 Å². The van der Waals surface area contributed by atoms with Gasteiger partial charge in [0.05, 0.1) is 0 Å². The normalized spacial score (nSPS) is 22.5. The topological polar surface area (TPSA) is 168 Å². The highest BCUT2D eigenvalue weighted by atomic mass is 16.7. The molecule has 40 heavy (non-hydrogen) atoms. The van der Waals surface area contributed by atoms with Crippen molar-refractivity contribution in [2.75, 3.05) is 19.7 Å². The van der Waals surface area contributed by atoms with E-state index in [-0.39, 0.29) is 18.4 Å². The van der Waals surface area contributed by atoms with Crippen LogP contribution in [0.2, 0.25) is 0 Å². The van der Waals surface area contributed by atoms with Crippen LogP contribution in [0.15, 0.2) is 0 Å². The lowest BCUT2D eigenvalue weighted by atomic mass is 9.94. The number of alkyl carbamates (subject to hydrolysis) is 1. The highest BCUT2D eigenvalue weighted by Gasteiger charge is 2.50. The summed E-state index contributed by atoms with van der Waals surface area (Å²) in [5.41, 5.74) is -0.557. The van der Waals surface area contributed by atoms with Crippen molar-refractivity contribution in [2.45, 2.75) is 123 Å². The molecular weight excluding hydrogens is 526 g/mol. The van der Waals surface area contributed by atoms with Crippen LogP contribution in [0.25, 0.3) is 0 Å². The van der Waals surface area contributed by atoms with E-state index in [1.54, 1.807) is 20.8 Å². The van der Waals surface area contributed by atoms with Crippen LogP contribution in [-0.4, -0.2) is 85.8 Å². The molecule has 1 saturated heterocycles. The lowest BCUT2D eigenvalue weighted by Gasteiger charge is -2.45. The van der Waals surface area contributed by atoms with E-state index in [4.69, 9.17) is 23.7 Å². The van der Waals surface area contributed by atoms with Gasteiger partial charge in [-0.1, -0.05) is 13.3 Å². The molecule has 5 unspecified atom stereocenters. The number of nitrogens with one attached hydrogen (secondary N) is 3. The van der Waals surface area contributed by atoms with Crippen LogP contribution >= 0.6 is 0 Å². The average Bonchev–Trinajstić information content (AvgIpc) is 2.82. The molecule has 13 heteroatoms. The lowest BCUT2D eigenvalue weighted by molar-refractivity contribution is -0.272. The molecule has 1 fully saturated rings. The fraction of sp³-hybridized carbons (Fsp3) is 0.815. The Balaban J connectivity index is 2.46. The minimum absolute atomic E-state index is 0.0777. The van der Waals surface area contributed by atoms with Crippen molar-refractivity contribution < 1.29 is 47.7 Å². The largest absolute Gasteiger partial charge is 0.456 e. The molecular formula is C27H47N3O10. The molecule has 1 aliphatic heterocycles. The number of esters is 2. The van der Waals surface area contributed by atoms with Gasteiger partial charge in [0.25, 0.3) is 0 Å². The first-order chi connectivity index (χ1) is 18.7. The second-order valence-corrected chi connectivity index (χ2v) is 10.6. The highest BCUT2D eigenvalue weighted by Crippen LogP contribution is 2.29. The molecule has 5 atom stereocenters. The zero-order chi connectivity index (χ0) is 30.3. The predicted molar refractivity (Wildman–Crippen MR) is 144 cm³/mol. The zero-order valence-electron chi connectivity index (χ0n) is 24.8. The third-order valence-corrected chi connectivity index (χ3v) is 5.70. The van der Waals surface area contributed by atoms with E-state index < -0.39 is 54.3 Å². The van der Waals surface area contributed by atoms with E-state index in [0.29, 0.717) is 51.6 Å². The van der Waals surface area contributed by atoms with E-state index >= 15 is 0 Å².